The van der Waals surface area contributed by atoms with Crippen LogP contribution < -0.4 is 10.6 Å². The summed E-state index contributed by atoms with van der Waals surface area (Å²) in [6, 6.07) is 14.5. The molecule has 0 spiro atoms. The van der Waals surface area contributed by atoms with Gasteiger partial charge in [0.05, 0.1) is 16.9 Å². The number of hydrogen-bond donors (Lipinski definition) is 3. The van der Waals surface area contributed by atoms with Gasteiger partial charge >= 0.3 is 6.09 Å². The Kier molecular flexibility index (Phi) is 8.55. The molecule has 0 aliphatic carbocycles. The molecule has 4 rings (SSSR count). The van der Waals surface area contributed by atoms with Crippen LogP contribution >= 0.6 is 0 Å². The minimum atomic E-state index is -1.51. The summed E-state index contributed by atoms with van der Waals surface area (Å²) < 4.78 is 19.1. The van der Waals surface area contributed by atoms with Crippen LogP contribution in [0, 0.1) is 5.82 Å². The number of carbonyl (C=O) groups is 3. The number of ketones is 1. The molecule has 222 valence electrons. The van der Waals surface area contributed by atoms with Crippen molar-refractivity contribution < 1.29 is 28.6 Å². The van der Waals surface area contributed by atoms with Crippen molar-refractivity contribution in [2.75, 3.05) is 5.32 Å². The molecule has 0 fully saturated rings. The van der Waals surface area contributed by atoms with E-state index in [0.717, 1.165) is 5.56 Å². The number of alkyl carbamates (subject to hydrolysis) is 1. The van der Waals surface area contributed by atoms with Crippen molar-refractivity contribution in [3.63, 3.8) is 0 Å². The number of carbonyl (C=O) groups excluding carboxylic acids is 3. The van der Waals surface area contributed by atoms with E-state index in [1.54, 1.807) is 84.0 Å². The Bertz CT molecular complexity index is 1510. The number of nitrogens with zero attached hydrogens (tertiary/aromatic N) is 1. The Balaban J connectivity index is 1.62. The summed E-state index contributed by atoms with van der Waals surface area (Å²) in [4.78, 5) is 42.1. The highest BCUT2D eigenvalue weighted by molar-refractivity contribution is 5.99. The van der Waals surface area contributed by atoms with Crippen molar-refractivity contribution in [3.8, 4) is 11.3 Å². The number of benzene rings is 2. The molecule has 42 heavy (non-hydrogen) atoms. The third kappa shape index (κ3) is 7.59. The maximum atomic E-state index is 13.7. The van der Waals surface area contributed by atoms with E-state index in [4.69, 9.17) is 9.72 Å². The number of amides is 2. The largest absolute Gasteiger partial charge is 0.444 e. The monoisotopic (exact) mass is 575 g/mol. The zero-order valence-electron chi connectivity index (χ0n) is 24.9. The van der Waals surface area contributed by atoms with Gasteiger partial charge in [-0.2, -0.15) is 0 Å². The highest BCUT2D eigenvalue weighted by atomic mass is 19.1. The van der Waals surface area contributed by atoms with Crippen LogP contribution in [0.4, 0.5) is 14.9 Å². The molecule has 1 aliphatic rings. The molecule has 8 nitrogen and oxygen atoms in total. The molecule has 3 N–H and O–H groups in total. The molecule has 3 aromatic rings. The van der Waals surface area contributed by atoms with Crippen LogP contribution in [0.1, 0.15) is 88.0 Å². The molecular weight excluding hydrogens is 537 g/mol. The lowest BCUT2D eigenvalue weighted by Crippen LogP contribution is -2.44. The standard InChI is InChI=1S/C33H38FN3O5/c1-31(2,3)42-30(40)37-32(4,5)23-18-26(20-7-11-24(34)12-8-20)35-28(19-23)33(6,41)16-15-27(38)22-9-13-25-21(17-22)10-14-29(39)36-25/h7-9,11-13,17-19,41H,10,14-16H2,1-6H3,(H,36,39)(H,37,40). The van der Waals surface area contributed by atoms with Crippen molar-refractivity contribution in [1.82, 2.24) is 10.3 Å². The molecular formula is C33H38FN3O5. The average molecular weight is 576 g/mol. The molecule has 0 saturated carbocycles. The lowest BCUT2D eigenvalue weighted by Gasteiger charge is -2.31. The number of aromatic nitrogens is 1. The molecule has 0 radical (unpaired) electrons. The SMILES string of the molecule is CC(C)(C)OC(=O)NC(C)(C)c1cc(-c2ccc(F)cc2)nc(C(C)(O)CCC(=O)c2ccc3c(c2)CCC(=O)N3)c1. The summed E-state index contributed by atoms with van der Waals surface area (Å²) in [5.41, 5.74) is 1.05. The molecule has 1 aromatic heterocycles. The number of aryl methyl sites for hydroxylation is 1. The zero-order chi connectivity index (χ0) is 30.9. The summed E-state index contributed by atoms with van der Waals surface area (Å²) in [6.07, 6.45) is 0.470. The van der Waals surface area contributed by atoms with Crippen molar-refractivity contribution in [1.29, 1.82) is 0 Å². The Labute approximate surface area is 245 Å². The number of aliphatic hydroxyl groups is 1. The highest BCUT2D eigenvalue weighted by Gasteiger charge is 2.32. The van der Waals surface area contributed by atoms with Crippen molar-refractivity contribution in [2.45, 2.75) is 84.0 Å². The number of nitrogens with one attached hydrogen (secondary N) is 2. The predicted octanol–water partition coefficient (Wildman–Crippen LogP) is 6.40. The second-order valence-electron chi connectivity index (χ2n) is 12.5. The fourth-order valence-corrected chi connectivity index (χ4v) is 4.75. The van der Waals surface area contributed by atoms with Gasteiger partial charge in [-0.05, 0) is 120 Å². The first-order valence-corrected chi connectivity index (χ1v) is 14.0. The number of fused-ring (bicyclic) bond motifs is 1. The first-order chi connectivity index (χ1) is 19.5. The Morgan fingerprint density at radius 2 is 1.69 bits per heavy atom. The van der Waals surface area contributed by atoms with Gasteiger partial charge in [-0.1, -0.05) is 0 Å². The van der Waals surface area contributed by atoms with E-state index in [1.165, 1.54) is 12.1 Å². The lowest BCUT2D eigenvalue weighted by atomic mass is 9.87. The Morgan fingerprint density at radius 1 is 1.00 bits per heavy atom. The molecule has 1 unspecified atom stereocenters. The van der Waals surface area contributed by atoms with E-state index in [1.807, 2.05) is 0 Å². The van der Waals surface area contributed by atoms with Gasteiger partial charge in [-0.15, -0.1) is 0 Å². The summed E-state index contributed by atoms with van der Waals surface area (Å²) in [7, 11) is 0. The second kappa shape index (κ2) is 11.6. The molecule has 2 aromatic carbocycles. The predicted molar refractivity (Wildman–Crippen MR) is 159 cm³/mol. The number of rotatable bonds is 8. The van der Waals surface area contributed by atoms with Crippen LogP contribution in [0.15, 0.2) is 54.6 Å². The van der Waals surface area contributed by atoms with Crippen LogP contribution in [0.3, 0.4) is 0 Å². The van der Waals surface area contributed by atoms with Gasteiger partial charge < -0.3 is 20.5 Å². The summed E-state index contributed by atoms with van der Waals surface area (Å²) in [5.74, 6) is -0.578. The highest BCUT2D eigenvalue weighted by Crippen LogP contribution is 2.33. The maximum absolute atomic E-state index is 13.7. The van der Waals surface area contributed by atoms with Crippen LogP contribution in [0.25, 0.3) is 11.3 Å². The third-order valence-electron chi connectivity index (χ3n) is 7.21. The number of halogens is 1. The van der Waals surface area contributed by atoms with E-state index in [-0.39, 0.29) is 24.5 Å². The van der Waals surface area contributed by atoms with Gasteiger partial charge in [-0.25, -0.2) is 14.2 Å². The quantitative estimate of drug-likeness (QED) is 0.268. The molecule has 9 heteroatoms. The van der Waals surface area contributed by atoms with Crippen LogP contribution in [0.5, 0.6) is 0 Å². The maximum Gasteiger partial charge on any atom is 0.408 e. The van der Waals surface area contributed by atoms with E-state index in [2.05, 4.69) is 10.6 Å². The van der Waals surface area contributed by atoms with Crippen molar-refractivity contribution >= 4 is 23.5 Å². The number of ether oxygens (including phenoxy) is 1. The topological polar surface area (TPSA) is 118 Å². The van der Waals surface area contributed by atoms with Crippen molar-refractivity contribution in [2.24, 2.45) is 0 Å². The van der Waals surface area contributed by atoms with E-state index in [9.17, 15) is 23.9 Å². The van der Waals surface area contributed by atoms with E-state index < -0.39 is 28.7 Å². The Hall–Kier alpha value is -4.11. The summed E-state index contributed by atoms with van der Waals surface area (Å²) in [6.45, 7) is 10.5. The fourth-order valence-electron chi connectivity index (χ4n) is 4.75. The zero-order valence-corrected chi connectivity index (χ0v) is 24.9. The van der Waals surface area contributed by atoms with Gasteiger partial charge in [0.25, 0.3) is 0 Å². The normalized spacial score (nSPS) is 14.8. The van der Waals surface area contributed by atoms with E-state index in [0.29, 0.717) is 46.6 Å². The lowest BCUT2D eigenvalue weighted by molar-refractivity contribution is -0.116. The second-order valence-corrected chi connectivity index (χ2v) is 12.5. The number of pyridine rings is 1. The van der Waals surface area contributed by atoms with Crippen molar-refractivity contribution in [3.05, 3.63) is 82.8 Å². The molecule has 1 atom stereocenters. The van der Waals surface area contributed by atoms with Gasteiger partial charge in [-0.3, -0.25) is 9.59 Å². The number of hydrogen-bond acceptors (Lipinski definition) is 6. The van der Waals surface area contributed by atoms with Gasteiger partial charge in [0, 0.05) is 29.7 Å². The van der Waals surface area contributed by atoms with Gasteiger partial charge in [0.15, 0.2) is 5.78 Å². The smallest absolute Gasteiger partial charge is 0.408 e. The number of anilines is 1. The average Bonchev–Trinajstić information content (AvgIpc) is 2.90. The first-order valence-electron chi connectivity index (χ1n) is 14.0. The summed E-state index contributed by atoms with van der Waals surface area (Å²) >= 11 is 0. The van der Waals surface area contributed by atoms with Gasteiger partial charge in [0.1, 0.15) is 17.0 Å². The molecule has 1 aliphatic heterocycles. The minimum Gasteiger partial charge on any atom is -0.444 e. The van der Waals surface area contributed by atoms with Gasteiger partial charge in [0.2, 0.25) is 5.91 Å². The van der Waals surface area contributed by atoms with E-state index >= 15 is 0 Å². The first kappa shape index (κ1) is 30.8. The fraction of sp³-hybridized carbons (Fsp3) is 0.394. The minimum absolute atomic E-state index is 0.0446. The molecule has 0 bridgehead atoms. The van der Waals surface area contributed by atoms with Crippen LogP contribution in [0.2, 0.25) is 0 Å². The van der Waals surface area contributed by atoms with Crippen LogP contribution in [-0.2, 0) is 27.1 Å². The molecule has 2 amide bonds. The molecule has 2 heterocycles. The summed E-state index contributed by atoms with van der Waals surface area (Å²) in [5, 5.41) is 17.3. The Morgan fingerprint density at radius 3 is 2.36 bits per heavy atom. The number of Topliss-reactive ketones (excluding diaryl/α,β-unsaturated/α-hetero) is 1. The molecule has 0 saturated heterocycles. The van der Waals surface area contributed by atoms with Crippen LogP contribution in [-0.4, -0.2) is 33.5 Å². The third-order valence-corrected chi connectivity index (χ3v) is 7.21.